The Labute approximate surface area is 210 Å². The van der Waals surface area contributed by atoms with Crippen LogP contribution in [0.15, 0.2) is 42.7 Å². The van der Waals surface area contributed by atoms with Crippen LogP contribution in [0.3, 0.4) is 0 Å². The summed E-state index contributed by atoms with van der Waals surface area (Å²) in [5, 5.41) is 3.09. The second-order valence-electron chi connectivity index (χ2n) is 9.81. The fourth-order valence-electron chi connectivity index (χ4n) is 4.98. The molecular formula is C27H33FN4O4. The molecule has 8 nitrogen and oxygen atoms in total. The fourth-order valence-corrected chi connectivity index (χ4v) is 4.98. The molecule has 3 aliphatic heterocycles. The third kappa shape index (κ3) is 5.68. The number of pyridine rings is 1. The first-order chi connectivity index (χ1) is 17.6. The number of ether oxygens (including phenoxy) is 2. The number of anilines is 2. The molecule has 0 atom stereocenters. The molecule has 192 valence electrons. The van der Waals surface area contributed by atoms with Gasteiger partial charge in [-0.25, -0.2) is 4.39 Å². The minimum atomic E-state index is -0.496. The highest BCUT2D eigenvalue weighted by molar-refractivity contribution is 6.02. The molecule has 3 saturated heterocycles. The highest BCUT2D eigenvalue weighted by atomic mass is 19.1. The summed E-state index contributed by atoms with van der Waals surface area (Å²) >= 11 is 0. The van der Waals surface area contributed by atoms with Gasteiger partial charge in [-0.2, -0.15) is 0 Å². The summed E-state index contributed by atoms with van der Waals surface area (Å²) in [7, 11) is 0. The second-order valence-corrected chi connectivity index (χ2v) is 9.81. The van der Waals surface area contributed by atoms with Gasteiger partial charge in [0.25, 0.3) is 0 Å². The first kappa shape index (κ1) is 24.6. The van der Waals surface area contributed by atoms with Gasteiger partial charge < -0.3 is 19.7 Å². The quantitative estimate of drug-likeness (QED) is 0.634. The topological polar surface area (TPSA) is 84.0 Å². The summed E-state index contributed by atoms with van der Waals surface area (Å²) in [5.41, 5.74) is 0.709. The van der Waals surface area contributed by atoms with Gasteiger partial charge in [-0.15, -0.1) is 0 Å². The lowest BCUT2D eigenvalue weighted by Gasteiger charge is -2.34. The van der Waals surface area contributed by atoms with Crippen LogP contribution in [0, 0.1) is 17.7 Å². The molecule has 9 heteroatoms. The van der Waals surface area contributed by atoms with Gasteiger partial charge in [-0.3, -0.25) is 19.5 Å². The molecule has 36 heavy (non-hydrogen) atoms. The number of aromatic nitrogens is 1. The van der Waals surface area contributed by atoms with E-state index in [1.165, 1.54) is 23.4 Å². The number of piperidine rings is 1. The lowest BCUT2D eigenvalue weighted by Crippen LogP contribution is -2.51. The van der Waals surface area contributed by atoms with Gasteiger partial charge >= 0.3 is 0 Å². The van der Waals surface area contributed by atoms with Gasteiger partial charge in [0.15, 0.2) is 0 Å². The summed E-state index contributed by atoms with van der Waals surface area (Å²) in [4.78, 5) is 33.2. The number of carbonyl (C=O) groups excluding carboxylic acids is 2. The molecule has 3 aliphatic rings. The predicted octanol–water partition coefficient (Wildman–Crippen LogP) is 3.29. The first-order valence-electron chi connectivity index (χ1n) is 12.8. The maximum atomic E-state index is 14.6. The molecule has 0 unspecified atom stereocenters. The molecule has 2 aromatic rings. The SMILES string of the molecule is O=C(CC1CCOCC1)N1CCC(Oc2ccc(N(C(=O)C3CNC3)c3cnccc3F)cc2)CC1. The fraction of sp³-hybridized carbons (Fsp3) is 0.519. The van der Waals surface area contributed by atoms with Gasteiger partial charge in [-0.05, 0) is 49.1 Å². The minimum Gasteiger partial charge on any atom is -0.490 e. The van der Waals surface area contributed by atoms with E-state index in [2.05, 4.69) is 10.3 Å². The summed E-state index contributed by atoms with van der Waals surface area (Å²) in [5.74, 6) is 0.510. The smallest absolute Gasteiger partial charge is 0.237 e. The van der Waals surface area contributed by atoms with Crippen molar-refractivity contribution >= 4 is 23.2 Å². The van der Waals surface area contributed by atoms with Crippen molar-refractivity contribution in [2.45, 2.75) is 38.2 Å². The zero-order valence-corrected chi connectivity index (χ0v) is 20.4. The Morgan fingerprint density at radius 1 is 1.08 bits per heavy atom. The summed E-state index contributed by atoms with van der Waals surface area (Å²) in [6.07, 6.45) is 6.87. The number of halogens is 1. The highest BCUT2D eigenvalue weighted by Crippen LogP contribution is 2.32. The molecule has 0 bridgehead atoms. The van der Waals surface area contributed by atoms with Crippen LogP contribution in [0.5, 0.6) is 5.75 Å². The molecule has 0 saturated carbocycles. The normalized spacial score (nSPS) is 19.5. The third-order valence-corrected chi connectivity index (χ3v) is 7.34. The van der Waals surface area contributed by atoms with Crippen molar-refractivity contribution in [2.75, 3.05) is 44.3 Å². The van der Waals surface area contributed by atoms with E-state index in [0.717, 1.165) is 38.9 Å². The Balaban J connectivity index is 1.18. The van der Waals surface area contributed by atoms with E-state index in [1.807, 2.05) is 17.0 Å². The van der Waals surface area contributed by atoms with Crippen LogP contribution in [-0.4, -0.2) is 67.2 Å². The maximum Gasteiger partial charge on any atom is 0.237 e. The zero-order valence-electron chi connectivity index (χ0n) is 20.4. The Morgan fingerprint density at radius 2 is 1.81 bits per heavy atom. The van der Waals surface area contributed by atoms with Crippen molar-refractivity contribution in [3.63, 3.8) is 0 Å². The number of likely N-dealkylation sites (tertiary alicyclic amines) is 1. The molecule has 1 N–H and O–H groups in total. The van der Waals surface area contributed by atoms with E-state index in [-0.39, 0.29) is 29.5 Å². The zero-order chi connectivity index (χ0) is 24.9. The Morgan fingerprint density at radius 3 is 2.44 bits per heavy atom. The second kappa shape index (κ2) is 11.3. The maximum absolute atomic E-state index is 14.6. The largest absolute Gasteiger partial charge is 0.490 e. The Bertz CT molecular complexity index is 1050. The number of hydrogen-bond acceptors (Lipinski definition) is 6. The molecule has 2 amide bonds. The van der Waals surface area contributed by atoms with Gasteiger partial charge in [0.05, 0.1) is 12.1 Å². The van der Waals surface area contributed by atoms with Crippen LogP contribution in [0.1, 0.15) is 32.1 Å². The highest BCUT2D eigenvalue weighted by Gasteiger charge is 2.32. The predicted molar refractivity (Wildman–Crippen MR) is 133 cm³/mol. The first-order valence-corrected chi connectivity index (χ1v) is 12.8. The number of nitrogens with zero attached hydrogens (tertiary/aromatic N) is 3. The number of benzene rings is 1. The van der Waals surface area contributed by atoms with Crippen LogP contribution >= 0.6 is 0 Å². The Kier molecular flexibility index (Phi) is 7.77. The van der Waals surface area contributed by atoms with Crippen molar-refractivity contribution < 1.29 is 23.5 Å². The van der Waals surface area contributed by atoms with Crippen molar-refractivity contribution in [1.82, 2.24) is 15.2 Å². The molecule has 5 rings (SSSR count). The van der Waals surface area contributed by atoms with Gasteiger partial charge in [-0.1, -0.05) is 0 Å². The van der Waals surface area contributed by atoms with Crippen molar-refractivity contribution in [1.29, 1.82) is 0 Å². The van der Waals surface area contributed by atoms with Gasteiger partial charge in [0, 0.05) is 70.5 Å². The number of rotatable bonds is 7. The van der Waals surface area contributed by atoms with E-state index in [0.29, 0.717) is 50.0 Å². The van der Waals surface area contributed by atoms with Crippen LogP contribution in [-0.2, 0) is 14.3 Å². The van der Waals surface area contributed by atoms with E-state index in [1.54, 1.807) is 12.1 Å². The summed E-state index contributed by atoms with van der Waals surface area (Å²) < 4.78 is 26.1. The molecule has 4 heterocycles. The standard InChI is InChI=1S/C27H33FN4O4/c28-24-5-10-29-18-25(24)32(27(34)20-16-30-17-20)21-1-3-22(4-2-21)36-23-6-11-31(12-7-23)26(33)15-19-8-13-35-14-9-19/h1-5,10,18-20,23,30H,6-9,11-17H2. The molecule has 3 fully saturated rings. The van der Waals surface area contributed by atoms with Crippen LogP contribution < -0.4 is 15.0 Å². The van der Waals surface area contributed by atoms with E-state index in [4.69, 9.17) is 9.47 Å². The minimum absolute atomic E-state index is 0.0255. The van der Waals surface area contributed by atoms with Crippen molar-refractivity contribution in [3.05, 3.63) is 48.5 Å². The molecule has 1 aromatic heterocycles. The lowest BCUT2D eigenvalue weighted by molar-refractivity contribution is -0.134. The monoisotopic (exact) mass is 496 g/mol. The van der Waals surface area contributed by atoms with Crippen LogP contribution in [0.25, 0.3) is 0 Å². The van der Waals surface area contributed by atoms with E-state index in [9.17, 15) is 14.0 Å². The molecular weight excluding hydrogens is 463 g/mol. The number of hydrogen-bond donors (Lipinski definition) is 1. The van der Waals surface area contributed by atoms with Crippen molar-refractivity contribution in [2.24, 2.45) is 11.8 Å². The third-order valence-electron chi connectivity index (χ3n) is 7.34. The summed E-state index contributed by atoms with van der Waals surface area (Å²) in [6, 6.07) is 8.43. The van der Waals surface area contributed by atoms with Gasteiger partial charge in [0.1, 0.15) is 23.4 Å². The number of amides is 2. The lowest BCUT2D eigenvalue weighted by atomic mass is 9.95. The Hall–Kier alpha value is -3.04. The van der Waals surface area contributed by atoms with E-state index < -0.39 is 5.82 Å². The average molecular weight is 497 g/mol. The van der Waals surface area contributed by atoms with Gasteiger partial charge in [0.2, 0.25) is 11.8 Å². The molecule has 1 aromatic carbocycles. The van der Waals surface area contributed by atoms with Crippen molar-refractivity contribution in [3.8, 4) is 5.75 Å². The van der Waals surface area contributed by atoms with Crippen LogP contribution in [0.4, 0.5) is 15.8 Å². The van der Waals surface area contributed by atoms with Crippen LogP contribution in [0.2, 0.25) is 0 Å². The number of nitrogens with one attached hydrogen (secondary N) is 1. The molecule has 0 radical (unpaired) electrons. The van der Waals surface area contributed by atoms with E-state index >= 15 is 0 Å². The summed E-state index contributed by atoms with van der Waals surface area (Å²) in [6.45, 7) is 4.07. The molecule has 0 aliphatic carbocycles. The average Bonchev–Trinajstić information content (AvgIpc) is 2.86. The molecule has 0 spiro atoms. The number of carbonyl (C=O) groups is 2.